The lowest BCUT2D eigenvalue weighted by Crippen LogP contribution is -2.28. The lowest BCUT2D eigenvalue weighted by molar-refractivity contribution is 0.0515. The third kappa shape index (κ3) is 6.91. The molecule has 0 heterocycles. The van der Waals surface area contributed by atoms with Gasteiger partial charge in [0, 0.05) is 17.8 Å². The summed E-state index contributed by atoms with van der Waals surface area (Å²) in [5.41, 5.74) is 3.59. The van der Waals surface area contributed by atoms with Crippen molar-refractivity contribution in [3.63, 3.8) is 0 Å². The molecule has 0 aromatic heterocycles. The van der Waals surface area contributed by atoms with Gasteiger partial charge in [-0.2, -0.15) is 10.5 Å². The Morgan fingerprint density at radius 2 is 1.77 bits per heavy atom. The number of anilines is 1. The fourth-order valence-corrected chi connectivity index (χ4v) is 3.24. The number of alkyl halides is 3. The molecule has 31 heavy (non-hydrogen) atoms. The smallest absolute Gasteiger partial charge is 0.338 e. The molecule has 0 saturated carbocycles. The van der Waals surface area contributed by atoms with Gasteiger partial charge in [0.1, 0.15) is 24.3 Å². The van der Waals surface area contributed by atoms with Crippen LogP contribution in [0.3, 0.4) is 0 Å². The monoisotopic (exact) mass is 475 g/mol. The van der Waals surface area contributed by atoms with Crippen LogP contribution in [0.5, 0.6) is 0 Å². The Morgan fingerprint density at radius 3 is 2.29 bits per heavy atom. The van der Waals surface area contributed by atoms with E-state index in [9.17, 15) is 4.79 Å². The van der Waals surface area contributed by atoms with Gasteiger partial charge in [0.05, 0.1) is 12.1 Å². The average Bonchev–Trinajstić information content (AvgIpc) is 2.75. The van der Waals surface area contributed by atoms with Crippen molar-refractivity contribution in [1.29, 1.82) is 10.5 Å². The topological polar surface area (TPSA) is 77.1 Å². The second-order valence-corrected chi connectivity index (χ2v) is 8.89. The largest absolute Gasteiger partial charge is 0.460 e. The summed E-state index contributed by atoms with van der Waals surface area (Å²) in [5.74, 6) is -0.455. The molecular formula is C23H20Cl3N3O2. The number of nitrogens with zero attached hydrogens (tertiary/aromatic N) is 3. The normalized spacial score (nSPS) is 10.5. The van der Waals surface area contributed by atoms with E-state index in [0.717, 1.165) is 16.8 Å². The maximum Gasteiger partial charge on any atom is 0.338 e. The SMILES string of the molecule is CCN(CCOC(=O)c1ccc(C(Cl)(Cl)Cl)cc1)c1ccc(C=C(C#N)C#N)c(C)c1. The van der Waals surface area contributed by atoms with Crippen LogP contribution in [-0.2, 0) is 8.53 Å². The van der Waals surface area contributed by atoms with E-state index >= 15 is 0 Å². The van der Waals surface area contributed by atoms with Gasteiger partial charge >= 0.3 is 5.97 Å². The summed E-state index contributed by atoms with van der Waals surface area (Å²) < 4.78 is 3.84. The molecule has 2 aromatic rings. The van der Waals surface area contributed by atoms with Crippen LogP contribution in [0.1, 0.15) is 34.0 Å². The Labute approximate surface area is 197 Å². The van der Waals surface area contributed by atoms with Gasteiger partial charge in [-0.1, -0.05) is 53.0 Å². The quantitative estimate of drug-likeness (QED) is 0.281. The molecule has 0 aliphatic heterocycles. The minimum atomic E-state index is -1.54. The number of likely N-dealkylation sites (N-methyl/N-ethyl adjacent to an activating group) is 1. The van der Waals surface area contributed by atoms with Crippen molar-refractivity contribution >= 4 is 52.5 Å². The number of esters is 1. The van der Waals surface area contributed by atoms with E-state index in [-0.39, 0.29) is 12.2 Å². The van der Waals surface area contributed by atoms with Gasteiger partial charge in [0.2, 0.25) is 3.79 Å². The fourth-order valence-electron chi connectivity index (χ4n) is 2.86. The molecule has 0 N–H and O–H groups in total. The Balaban J connectivity index is 2.00. The van der Waals surface area contributed by atoms with E-state index in [2.05, 4.69) is 4.90 Å². The van der Waals surface area contributed by atoms with Crippen LogP contribution in [-0.4, -0.2) is 25.7 Å². The van der Waals surface area contributed by atoms with E-state index in [0.29, 0.717) is 24.2 Å². The number of rotatable bonds is 7. The molecule has 2 rings (SSSR count). The van der Waals surface area contributed by atoms with Crippen LogP contribution >= 0.6 is 34.8 Å². The predicted octanol–water partition coefficient (Wildman–Crippen LogP) is 5.94. The third-order valence-corrected chi connectivity index (χ3v) is 5.24. The van der Waals surface area contributed by atoms with E-state index < -0.39 is 9.76 Å². The zero-order valence-corrected chi connectivity index (χ0v) is 19.3. The Morgan fingerprint density at radius 1 is 1.13 bits per heavy atom. The molecule has 0 bridgehead atoms. The third-order valence-electron chi connectivity index (χ3n) is 4.58. The minimum absolute atomic E-state index is 0.0528. The number of aryl methyl sites for hydroxylation is 1. The van der Waals surface area contributed by atoms with Crippen molar-refractivity contribution < 1.29 is 9.53 Å². The summed E-state index contributed by atoms with van der Waals surface area (Å²) in [4.78, 5) is 14.3. The predicted molar refractivity (Wildman–Crippen MR) is 124 cm³/mol. The molecule has 0 fully saturated rings. The first kappa shape index (κ1) is 24.6. The first-order chi connectivity index (χ1) is 14.7. The molecule has 0 radical (unpaired) electrons. The summed E-state index contributed by atoms with van der Waals surface area (Å²) in [7, 11) is 0. The summed E-state index contributed by atoms with van der Waals surface area (Å²) in [6.45, 7) is 5.34. The highest BCUT2D eigenvalue weighted by Gasteiger charge is 2.22. The second-order valence-electron chi connectivity index (χ2n) is 6.61. The van der Waals surface area contributed by atoms with Crippen LogP contribution in [0.25, 0.3) is 6.08 Å². The molecule has 0 atom stereocenters. The molecular weight excluding hydrogens is 457 g/mol. The fraction of sp³-hybridized carbons (Fsp3) is 0.261. The number of carbonyl (C=O) groups excluding carboxylic acids is 1. The highest BCUT2D eigenvalue weighted by molar-refractivity contribution is 6.66. The first-order valence-corrected chi connectivity index (χ1v) is 10.5. The molecule has 0 spiro atoms. The minimum Gasteiger partial charge on any atom is -0.460 e. The van der Waals surface area contributed by atoms with E-state index in [1.165, 1.54) is 0 Å². The molecule has 5 nitrogen and oxygen atoms in total. The van der Waals surface area contributed by atoms with E-state index in [4.69, 9.17) is 50.1 Å². The molecule has 2 aromatic carbocycles. The van der Waals surface area contributed by atoms with Crippen molar-refractivity contribution in [2.24, 2.45) is 0 Å². The standard InChI is InChI=1S/C23H20Cl3N3O2/c1-3-29(21-9-6-19(16(2)12-21)13-17(14-27)15-28)10-11-31-22(30)18-4-7-20(8-5-18)23(24,25)26/h4-9,12-13H,3,10-11H2,1-2H3. The molecule has 0 aliphatic rings. The number of carbonyl (C=O) groups is 1. The second kappa shape index (κ2) is 11.1. The molecule has 160 valence electrons. The summed E-state index contributed by atoms with van der Waals surface area (Å²) in [6, 6.07) is 15.7. The van der Waals surface area contributed by atoms with Crippen LogP contribution in [0.15, 0.2) is 48.0 Å². The van der Waals surface area contributed by atoms with E-state index in [1.54, 1.807) is 30.3 Å². The highest BCUT2D eigenvalue weighted by atomic mass is 35.6. The van der Waals surface area contributed by atoms with Crippen LogP contribution < -0.4 is 4.90 Å². The molecule has 0 saturated heterocycles. The van der Waals surface area contributed by atoms with E-state index in [1.807, 2.05) is 44.2 Å². The Kier molecular flexibility index (Phi) is 8.77. The van der Waals surface area contributed by atoms with Gasteiger partial charge in [-0.05, 0) is 55.3 Å². The number of hydrogen-bond donors (Lipinski definition) is 0. The highest BCUT2D eigenvalue weighted by Crippen LogP contribution is 2.38. The van der Waals surface area contributed by atoms with Gasteiger partial charge in [-0.15, -0.1) is 0 Å². The van der Waals surface area contributed by atoms with Gasteiger partial charge in [0.15, 0.2) is 0 Å². The Hall–Kier alpha value is -2.70. The zero-order chi connectivity index (χ0) is 23.0. The van der Waals surface area contributed by atoms with Crippen molar-refractivity contribution in [2.75, 3.05) is 24.6 Å². The number of allylic oxidation sites excluding steroid dienone is 1. The molecule has 0 aliphatic carbocycles. The number of halogens is 3. The van der Waals surface area contributed by atoms with Crippen molar-refractivity contribution in [1.82, 2.24) is 0 Å². The maximum absolute atomic E-state index is 12.3. The lowest BCUT2D eigenvalue weighted by Gasteiger charge is -2.23. The van der Waals surface area contributed by atoms with Crippen molar-refractivity contribution in [3.05, 3.63) is 70.3 Å². The van der Waals surface area contributed by atoms with Crippen LogP contribution in [0.2, 0.25) is 0 Å². The van der Waals surface area contributed by atoms with Crippen LogP contribution in [0, 0.1) is 29.6 Å². The van der Waals surface area contributed by atoms with Gasteiger partial charge in [0.25, 0.3) is 0 Å². The molecule has 0 amide bonds. The van der Waals surface area contributed by atoms with Gasteiger partial charge in [-0.25, -0.2) is 4.79 Å². The van der Waals surface area contributed by atoms with Crippen molar-refractivity contribution in [3.8, 4) is 12.1 Å². The van der Waals surface area contributed by atoms with Gasteiger partial charge in [-0.3, -0.25) is 0 Å². The molecule has 0 unspecified atom stereocenters. The number of hydrogen-bond acceptors (Lipinski definition) is 5. The summed E-state index contributed by atoms with van der Waals surface area (Å²) >= 11 is 17.5. The summed E-state index contributed by atoms with van der Waals surface area (Å²) in [5, 5.41) is 17.8. The van der Waals surface area contributed by atoms with Crippen molar-refractivity contribution in [2.45, 2.75) is 17.6 Å². The van der Waals surface area contributed by atoms with Crippen LogP contribution in [0.4, 0.5) is 5.69 Å². The maximum atomic E-state index is 12.3. The first-order valence-electron chi connectivity index (χ1n) is 9.41. The molecule has 8 heteroatoms. The number of benzene rings is 2. The Bertz CT molecular complexity index is 1030. The average molecular weight is 477 g/mol. The number of nitriles is 2. The number of ether oxygens (including phenoxy) is 1. The summed E-state index contributed by atoms with van der Waals surface area (Å²) in [6.07, 6.45) is 1.56. The zero-order valence-electron chi connectivity index (χ0n) is 17.0. The van der Waals surface area contributed by atoms with Gasteiger partial charge < -0.3 is 9.64 Å². The lowest BCUT2D eigenvalue weighted by atomic mass is 10.0.